The lowest BCUT2D eigenvalue weighted by Gasteiger charge is -2.28. The second-order valence-electron chi connectivity index (χ2n) is 7.50. The number of hydrogen-bond acceptors (Lipinski definition) is 9. The number of rotatable bonds is 11. The Morgan fingerprint density at radius 2 is 1.97 bits per heavy atom. The van der Waals surface area contributed by atoms with E-state index in [1.807, 2.05) is 75.5 Å². The zero-order valence-corrected chi connectivity index (χ0v) is 20.7. The van der Waals surface area contributed by atoms with Crippen molar-refractivity contribution in [1.82, 2.24) is 19.9 Å². The van der Waals surface area contributed by atoms with Gasteiger partial charge in [0.25, 0.3) is 0 Å². The third-order valence-corrected chi connectivity index (χ3v) is 5.18. The number of allylic oxidation sites excluding steroid dienone is 3. The molecule has 2 aromatic rings. The van der Waals surface area contributed by atoms with Crippen molar-refractivity contribution in [3.63, 3.8) is 0 Å². The van der Waals surface area contributed by atoms with Gasteiger partial charge in [0, 0.05) is 47.0 Å². The second-order valence-corrected chi connectivity index (χ2v) is 7.50. The molecule has 9 heteroatoms. The van der Waals surface area contributed by atoms with Crippen LogP contribution in [0.5, 0.6) is 5.75 Å². The van der Waals surface area contributed by atoms with Crippen molar-refractivity contribution >= 4 is 28.8 Å². The molecule has 0 saturated heterocycles. The molecule has 0 aliphatic heterocycles. The number of nitrogen functional groups attached to an aromatic ring is 1. The molecular formula is C24H36N8O. The Kier molecular flexibility index (Phi) is 9.11. The van der Waals surface area contributed by atoms with E-state index >= 15 is 0 Å². The van der Waals surface area contributed by atoms with E-state index in [0.717, 1.165) is 23.6 Å². The lowest BCUT2D eigenvalue weighted by molar-refractivity contribution is 0.394. The fourth-order valence-corrected chi connectivity index (χ4v) is 3.16. The zero-order chi connectivity index (χ0) is 24.5. The maximum Gasteiger partial charge on any atom is 0.229 e. The average Bonchev–Trinajstić information content (AvgIpc) is 2.79. The molecule has 33 heavy (non-hydrogen) atoms. The van der Waals surface area contributed by atoms with Gasteiger partial charge in [0.15, 0.2) is 0 Å². The fraction of sp³-hybridized carbons (Fsp3) is 0.333. The van der Waals surface area contributed by atoms with Crippen LogP contribution in [0.1, 0.15) is 13.8 Å². The monoisotopic (exact) mass is 452 g/mol. The third kappa shape index (κ3) is 6.39. The SMILES string of the molecule is C=C/C=C(Nc1ccnc(Nc2cc(N)c(N(C)N(C)C)cc2OC)n1)\C(=C/C)N(C)CC. The molecule has 0 spiro atoms. The van der Waals surface area contributed by atoms with E-state index in [-0.39, 0.29) is 0 Å². The number of hydrogen-bond donors (Lipinski definition) is 3. The van der Waals surface area contributed by atoms with Gasteiger partial charge in [-0.05, 0) is 32.1 Å². The van der Waals surface area contributed by atoms with Crippen LogP contribution in [0.25, 0.3) is 0 Å². The number of nitrogens with two attached hydrogens (primary N) is 1. The molecule has 2 rings (SSSR count). The van der Waals surface area contributed by atoms with Crippen LogP contribution in [0.3, 0.4) is 0 Å². The summed E-state index contributed by atoms with van der Waals surface area (Å²) in [5, 5.41) is 10.5. The minimum atomic E-state index is 0.412. The van der Waals surface area contributed by atoms with Gasteiger partial charge < -0.3 is 31.0 Å². The molecule has 4 N–H and O–H groups in total. The molecule has 178 valence electrons. The van der Waals surface area contributed by atoms with Crippen LogP contribution >= 0.6 is 0 Å². The molecule has 9 nitrogen and oxygen atoms in total. The van der Waals surface area contributed by atoms with Gasteiger partial charge in [-0.3, -0.25) is 0 Å². The Morgan fingerprint density at radius 1 is 1.24 bits per heavy atom. The Bertz CT molecular complexity index is 1020. The Labute approximate surface area is 197 Å². The maximum absolute atomic E-state index is 6.31. The number of aromatic nitrogens is 2. The Balaban J connectivity index is 2.34. The van der Waals surface area contributed by atoms with Gasteiger partial charge in [0.1, 0.15) is 11.6 Å². The smallest absolute Gasteiger partial charge is 0.229 e. The van der Waals surface area contributed by atoms with E-state index in [9.17, 15) is 0 Å². The highest BCUT2D eigenvalue weighted by Crippen LogP contribution is 2.36. The molecule has 1 aromatic carbocycles. The van der Waals surface area contributed by atoms with Crippen molar-refractivity contribution in [1.29, 1.82) is 0 Å². The topological polar surface area (TPSA) is 94.8 Å². The normalized spacial score (nSPS) is 11.9. The van der Waals surface area contributed by atoms with Crippen LogP contribution in [-0.4, -0.2) is 61.7 Å². The van der Waals surface area contributed by atoms with Gasteiger partial charge in [0.2, 0.25) is 5.95 Å². The highest BCUT2D eigenvalue weighted by molar-refractivity contribution is 5.78. The fourth-order valence-electron chi connectivity index (χ4n) is 3.16. The molecular weight excluding hydrogens is 416 g/mol. The van der Waals surface area contributed by atoms with Crippen molar-refractivity contribution in [3.8, 4) is 5.75 Å². The van der Waals surface area contributed by atoms with Crippen molar-refractivity contribution in [2.75, 3.05) is 63.2 Å². The summed E-state index contributed by atoms with van der Waals surface area (Å²) < 4.78 is 5.59. The van der Waals surface area contributed by atoms with Crippen LogP contribution in [0.2, 0.25) is 0 Å². The minimum Gasteiger partial charge on any atom is -0.494 e. The lowest BCUT2D eigenvalue weighted by atomic mass is 10.2. The van der Waals surface area contributed by atoms with Crippen molar-refractivity contribution in [2.24, 2.45) is 0 Å². The Hall–Kier alpha value is -3.72. The van der Waals surface area contributed by atoms with Gasteiger partial charge in [-0.25, -0.2) is 9.99 Å². The number of methoxy groups -OCH3 is 1. The molecule has 0 bridgehead atoms. The summed E-state index contributed by atoms with van der Waals surface area (Å²) in [5.41, 5.74) is 10.3. The minimum absolute atomic E-state index is 0.412. The summed E-state index contributed by atoms with van der Waals surface area (Å²) in [4.78, 5) is 11.1. The summed E-state index contributed by atoms with van der Waals surface area (Å²) in [5.74, 6) is 1.68. The molecule has 0 unspecified atom stereocenters. The first kappa shape index (κ1) is 25.5. The number of hydrazine groups is 1. The van der Waals surface area contributed by atoms with Crippen LogP contribution in [0.15, 0.2) is 60.6 Å². The maximum atomic E-state index is 6.31. The number of anilines is 5. The summed E-state index contributed by atoms with van der Waals surface area (Å²) in [7, 11) is 9.47. The number of benzene rings is 1. The van der Waals surface area contributed by atoms with E-state index < -0.39 is 0 Å². The second kappa shape index (κ2) is 11.8. The first-order chi connectivity index (χ1) is 15.7. The predicted molar refractivity (Wildman–Crippen MR) is 139 cm³/mol. The van der Waals surface area contributed by atoms with Crippen molar-refractivity contribution in [3.05, 3.63) is 60.6 Å². The van der Waals surface area contributed by atoms with E-state index in [1.165, 1.54) is 0 Å². The van der Waals surface area contributed by atoms with Crippen LogP contribution in [-0.2, 0) is 0 Å². The number of nitrogens with one attached hydrogen (secondary N) is 2. The molecule has 0 atom stereocenters. The highest BCUT2D eigenvalue weighted by Gasteiger charge is 2.15. The van der Waals surface area contributed by atoms with Gasteiger partial charge in [-0.2, -0.15) is 4.98 Å². The number of likely N-dealkylation sites (N-methyl/N-ethyl adjacent to an activating group) is 1. The quantitative estimate of drug-likeness (QED) is 0.265. The summed E-state index contributed by atoms with van der Waals surface area (Å²) in [6.45, 7) is 8.80. The highest BCUT2D eigenvalue weighted by atomic mass is 16.5. The molecule has 1 aromatic heterocycles. The molecule has 0 radical (unpaired) electrons. The summed E-state index contributed by atoms with van der Waals surface area (Å²) in [6, 6.07) is 5.50. The largest absolute Gasteiger partial charge is 0.494 e. The first-order valence-corrected chi connectivity index (χ1v) is 10.7. The molecule has 0 aliphatic carbocycles. The molecule has 0 fully saturated rings. The molecule has 0 amide bonds. The van der Waals surface area contributed by atoms with Gasteiger partial charge >= 0.3 is 0 Å². The summed E-state index contributed by atoms with van der Waals surface area (Å²) in [6.07, 6.45) is 7.40. The molecule has 1 heterocycles. The van der Waals surface area contributed by atoms with Crippen LogP contribution < -0.4 is 26.1 Å². The van der Waals surface area contributed by atoms with Crippen molar-refractivity contribution < 1.29 is 4.74 Å². The van der Waals surface area contributed by atoms with Crippen LogP contribution in [0.4, 0.5) is 28.8 Å². The van der Waals surface area contributed by atoms with E-state index in [0.29, 0.717) is 28.9 Å². The van der Waals surface area contributed by atoms with E-state index in [1.54, 1.807) is 19.4 Å². The van der Waals surface area contributed by atoms with Gasteiger partial charge in [0.05, 0.1) is 35.6 Å². The molecule has 0 saturated carbocycles. The average molecular weight is 453 g/mol. The lowest BCUT2D eigenvalue weighted by Crippen LogP contribution is -2.33. The van der Waals surface area contributed by atoms with Gasteiger partial charge in [-0.15, -0.1) is 0 Å². The Morgan fingerprint density at radius 3 is 2.55 bits per heavy atom. The number of nitrogens with zero attached hydrogens (tertiary/aromatic N) is 5. The zero-order valence-electron chi connectivity index (χ0n) is 20.7. The number of ether oxygens (including phenoxy) is 1. The van der Waals surface area contributed by atoms with E-state index in [4.69, 9.17) is 10.5 Å². The van der Waals surface area contributed by atoms with Crippen molar-refractivity contribution in [2.45, 2.75) is 13.8 Å². The third-order valence-electron chi connectivity index (χ3n) is 5.18. The standard InChI is InChI=1S/C24H36N8O/c1-9-12-18(20(10-2)31(6)11-3)27-23-13-14-26-24(29-23)28-19-15-17(25)21(16-22(19)33-8)32(7)30(4)5/h9-10,12-16H,1,11,25H2,2-8H3,(H2,26,27,28,29)/b18-12+,20-10+. The van der Waals surface area contributed by atoms with Crippen LogP contribution in [0, 0.1) is 0 Å². The predicted octanol–water partition coefficient (Wildman–Crippen LogP) is 4.06. The summed E-state index contributed by atoms with van der Waals surface area (Å²) >= 11 is 0. The van der Waals surface area contributed by atoms with E-state index in [2.05, 4.69) is 39.0 Å². The van der Waals surface area contributed by atoms with Gasteiger partial charge in [-0.1, -0.05) is 18.7 Å². The molecule has 0 aliphatic rings. The first-order valence-electron chi connectivity index (χ1n) is 10.7.